The van der Waals surface area contributed by atoms with Crippen LogP contribution in [0.15, 0.2) is 0 Å². The first kappa shape index (κ1) is 25.8. The van der Waals surface area contributed by atoms with E-state index in [2.05, 4.69) is 13.8 Å². The van der Waals surface area contributed by atoms with Crippen LogP contribution < -0.4 is 0 Å². The minimum absolute atomic E-state index is 0.380. The topological polar surface area (TPSA) is 0 Å². The summed E-state index contributed by atoms with van der Waals surface area (Å²) in [6.45, 7) is 4.61. The number of rotatable bonds is 22. The molecule has 0 radical (unpaired) electrons. The zero-order valence-electron chi connectivity index (χ0n) is 18.0. The van der Waals surface area contributed by atoms with Crippen molar-refractivity contribution < 1.29 is 0 Å². The van der Waals surface area contributed by atoms with Crippen LogP contribution in [0.25, 0.3) is 0 Å². The van der Waals surface area contributed by atoms with E-state index >= 15 is 0 Å². The van der Waals surface area contributed by atoms with Gasteiger partial charge in [-0.2, -0.15) is 0 Å². The van der Waals surface area contributed by atoms with Gasteiger partial charge in [-0.1, -0.05) is 0 Å². The Balaban J connectivity index is 2.94. The van der Waals surface area contributed by atoms with Gasteiger partial charge in [-0.25, -0.2) is 0 Å². The Morgan fingerprint density at radius 3 is 0.840 bits per heavy atom. The van der Waals surface area contributed by atoms with Crippen molar-refractivity contribution in [1.82, 2.24) is 0 Å². The molecule has 0 aliphatic heterocycles. The first-order valence-corrected chi connectivity index (χ1v) is 15.3. The molecule has 25 heavy (non-hydrogen) atoms. The van der Waals surface area contributed by atoms with E-state index in [1.807, 2.05) is 0 Å². The van der Waals surface area contributed by atoms with Crippen molar-refractivity contribution in [3.8, 4) is 0 Å². The summed E-state index contributed by atoms with van der Waals surface area (Å²) in [6.07, 6.45) is 29.7. The summed E-state index contributed by atoms with van der Waals surface area (Å²) >= 11 is 0.380. The van der Waals surface area contributed by atoms with E-state index in [1.165, 1.54) is 116 Å². The molecular weight excluding hydrogens is 416 g/mol. The monoisotopic (exact) mass is 468 g/mol. The summed E-state index contributed by atoms with van der Waals surface area (Å²) in [7, 11) is 0. The zero-order valence-corrected chi connectivity index (χ0v) is 20.3. The molecule has 0 N–H and O–H groups in total. The third-order valence-corrected chi connectivity index (χ3v) is 8.58. The van der Waals surface area contributed by atoms with E-state index < -0.39 is 0 Å². The van der Waals surface area contributed by atoms with Crippen molar-refractivity contribution in [3.05, 3.63) is 0 Å². The Morgan fingerprint density at radius 2 is 0.560 bits per heavy atom. The summed E-state index contributed by atoms with van der Waals surface area (Å²) in [4.78, 5) is 0. The van der Waals surface area contributed by atoms with Crippen LogP contribution in [0.3, 0.4) is 0 Å². The molecule has 0 heterocycles. The molecule has 0 amide bonds. The Labute approximate surface area is 171 Å². The second-order valence-corrected chi connectivity index (χ2v) is 11.5. The summed E-state index contributed by atoms with van der Waals surface area (Å²) in [5.74, 6) is 0. The molecule has 0 aromatic heterocycles. The van der Waals surface area contributed by atoms with Crippen LogP contribution in [0.1, 0.15) is 142 Å². The van der Waals surface area contributed by atoms with Gasteiger partial charge in [-0.3, -0.25) is 0 Å². The Kier molecular flexibility index (Phi) is 25.6. The van der Waals surface area contributed by atoms with E-state index in [0.29, 0.717) is 20.9 Å². The number of hydrogen-bond donors (Lipinski definition) is 0. The van der Waals surface area contributed by atoms with Gasteiger partial charge in [-0.15, -0.1) is 0 Å². The van der Waals surface area contributed by atoms with Gasteiger partial charge >= 0.3 is 172 Å². The molecule has 1 heteroatoms. The quantitative estimate of drug-likeness (QED) is 0.110. The Bertz CT molecular complexity index is 192. The van der Waals surface area contributed by atoms with Gasteiger partial charge in [0, 0.05) is 0 Å². The van der Waals surface area contributed by atoms with Crippen molar-refractivity contribution in [1.29, 1.82) is 0 Å². The van der Waals surface area contributed by atoms with Crippen molar-refractivity contribution in [2.24, 2.45) is 0 Å². The van der Waals surface area contributed by atoms with Crippen molar-refractivity contribution in [3.63, 3.8) is 0 Å². The molecular formula is C24H50Te. The third-order valence-electron chi connectivity index (χ3n) is 5.28. The molecule has 0 nitrogen and oxygen atoms in total. The molecule has 0 unspecified atom stereocenters. The number of hydrogen-bond acceptors (Lipinski definition) is 0. The van der Waals surface area contributed by atoms with Crippen LogP contribution in [0.2, 0.25) is 8.94 Å². The Hall–Kier alpha value is 0.790. The van der Waals surface area contributed by atoms with Crippen molar-refractivity contribution in [2.75, 3.05) is 0 Å². The molecule has 0 aliphatic rings. The SMILES string of the molecule is CCCCCCCCCCCC[Te]CCCCCCCCCCCC. The summed E-state index contributed by atoms with van der Waals surface area (Å²) in [5.41, 5.74) is 0. The zero-order chi connectivity index (χ0) is 18.3. The molecule has 0 aromatic rings. The van der Waals surface area contributed by atoms with E-state index in [-0.39, 0.29) is 0 Å². The molecule has 0 saturated heterocycles. The van der Waals surface area contributed by atoms with E-state index in [1.54, 1.807) is 21.8 Å². The average molecular weight is 466 g/mol. The Morgan fingerprint density at radius 1 is 0.320 bits per heavy atom. The first-order valence-electron chi connectivity index (χ1n) is 12.0. The van der Waals surface area contributed by atoms with Gasteiger partial charge in [0.15, 0.2) is 0 Å². The molecule has 0 rings (SSSR count). The van der Waals surface area contributed by atoms with Crippen LogP contribution in [0, 0.1) is 0 Å². The molecule has 0 spiro atoms. The second-order valence-electron chi connectivity index (χ2n) is 7.98. The van der Waals surface area contributed by atoms with Crippen LogP contribution in [-0.2, 0) is 0 Å². The van der Waals surface area contributed by atoms with Gasteiger partial charge in [0.05, 0.1) is 0 Å². The van der Waals surface area contributed by atoms with E-state index in [4.69, 9.17) is 0 Å². The molecule has 0 bridgehead atoms. The molecule has 0 saturated carbocycles. The van der Waals surface area contributed by atoms with Gasteiger partial charge in [0.2, 0.25) is 0 Å². The molecule has 152 valence electrons. The van der Waals surface area contributed by atoms with Gasteiger partial charge in [0.1, 0.15) is 0 Å². The van der Waals surface area contributed by atoms with Crippen molar-refractivity contribution in [2.45, 2.75) is 151 Å². The first-order chi connectivity index (χ1) is 12.4. The predicted molar refractivity (Wildman–Crippen MR) is 119 cm³/mol. The van der Waals surface area contributed by atoms with Gasteiger partial charge < -0.3 is 0 Å². The summed E-state index contributed by atoms with van der Waals surface area (Å²) < 4.78 is 3.25. The van der Waals surface area contributed by atoms with Gasteiger partial charge in [-0.05, 0) is 0 Å². The van der Waals surface area contributed by atoms with Gasteiger partial charge in [0.25, 0.3) is 0 Å². The van der Waals surface area contributed by atoms with Crippen LogP contribution >= 0.6 is 0 Å². The minimum atomic E-state index is 0.380. The molecule has 0 atom stereocenters. The maximum absolute atomic E-state index is 2.31. The molecule has 0 aliphatic carbocycles. The van der Waals surface area contributed by atoms with Crippen LogP contribution in [0.4, 0.5) is 0 Å². The molecule has 0 fully saturated rings. The van der Waals surface area contributed by atoms with Crippen LogP contribution in [0.5, 0.6) is 0 Å². The number of unbranched alkanes of at least 4 members (excludes halogenated alkanes) is 18. The fraction of sp³-hybridized carbons (Fsp3) is 1.00. The predicted octanol–water partition coefficient (Wildman–Crippen LogP) is 9.37. The fourth-order valence-electron chi connectivity index (χ4n) is 3.49. The summed E-state index contributed by atoms with van der Waals surface area (Å²) in [5, 5.41) is 0. The molecule has 0 aromatic carbocycles. The second kappa shape index (κ2) is 24.8. The normalized spacial score (nSPS) is 11.3. The maximum atomic E-state index is 2.31. The third kappa shape index (κ3) is 24.8. The van der Waals surface area contributed by atoms with E-state index in [9.17, 15) is 0 Å². The van der Waals surface area contributed by atoms with Crippen LogP contribution in [-0.4, -0.2) is 20.9 Å². The average Bonchev–Trinajstić information content (AvgIpc) is 2.63. The summed E-state index contributed by atoms with van der Waals surface area (Å²) in [6, 6.07) is 0. The standard InChI is InChI=1S/C24H50Te/c1-3-5-7-9-11-13-15-17-19-21-23-25-24-22-20-18-16-14-12-10-8-6-4-2/h3-24H2,1-2H3. The fourth-order valence-corrected chi connectivity index (χ4v) is 6.40. The van der Waals surface area contributed by atoms with E-state index in [0.717, 1.165) is 0 Å². The van der Waals surface area contributed by atoms with Crippen molar-refractivity contribution >= 4 is 20.9 Å².